The van der Waals surface area contributed by atoms with E-state index in [-0.39, 0.29) is 12.7 Å². The van der Waals surface area contributed by atoms with Gasteiger partial charge in [-0.1, -0.05) is 6.07 Å². The van der Waals surface area contributed by atoms with Crippen molar-refractivity contribution in [2.24, 2.45) is 5.92 Å². The molecule has 1 aromatic rings. The van der Waals surface area contributed by atoms with Crippen molar-refractivity contribution in [2.75, 3.05) is 13.3 Å². The lowest BCUT2D eigenvalue weighted by molar-refractivity contribution is -0.120. The lowest BCUT2D eigenvalue weighted by Crippen LogP contribution is -2.27. The summed E-state index contributed by atoms with van der Waals surface area (Å²) in [5.41, 5.74) is 0.961. The largest absolute Gasteiger partial charge is 0.454 e. The normalized spacial score (nSPS) is 16.9. The molecule has 4 heteroatoms. The first-order valence-electron chi connectivity index (χ1n) is 5.96. The van der Waals surface area contributed by atoms with E-state index in [1.807, 2.05) is 18.2 Å². The molecule has 90 valence electrons. The van der Waals surface area contributed by atoms with Gasteiger partial charge in [0.2, 0.25) is 12.7 Å². The van der Waals surface area contributed by atoms with Crippen LogP contribution >= 0.6 is 0 Å². The number of hydrogen-bond acceptors (Lipinski definition) is 3. The summed E-state index contributed by atoms with van der Waals surface area (Å²) in [7, 11) is 0. The SMILES string of the molecule is O=C(Cc1ccc2c(c1)OCO2)NCC1CC1. The smallest absolute Gasteiger partial charge is 0.231 e. The molecule has 0 atom stereocenters. The number of carbonyl (C=O) groups is 1. The number of benzene rings is 1. The van der Waals surface area contributed by atoms with E-state index in [9.17, 15) is 4.79 Å². The number of amides is 1. The van der Waals surface area contributed by atoms with Crippen LogP contribution in [0.1, 0.15) is 18.4 Å². The van der Waals surface area contributed by atoms with E-state index >= 15 is 0 Å². The Morgan fingerprint density at radius 1 is 1.29 bits per heavy atom. The lowest BCUT2D eigenvalue weighted by atomic mass is 10.1. The highest BCUT2D eigenvalue weighted by atomic mass is 16.7. The van der Waals surface area contributed by atoms with Crippen molar-refractivity contribution in [3.05, 3.63) is 23.8 Å². The minimum atomic E-state index is 0.0794. The summed E-state index contributed by atoms with van der Waals surface area (Å²) in [6.07, 6.45) is 2.91. The summed E-state index contributed by atoms with van der Waals surface area (Å²) in [6.45, 7) is 1.09. The maximum Gasteiger partial charge on any atom is 0.231 e. The van der Waals surface area contributed by atoms with Crippen LogP contribution in [-0.4, -0.2) is 19.2 Å². The van der Waals surface area contributed by atoms with Crippen LogP contribution in [0.4, 0.5) is 0 Å². The van der Waals surface area contributed by atoms with Crippen molar-refractivity contribution in [3.8, 4) is 11.5 Å². The average Bonchev–Trinajstić information content (AvgIpc) is 3.04. The minimum Gasteiger partial charge on any atom is -0.454 e. The predicted molar refractivity (Wildman–Crippen MR) is 62.0 cm³/mol. The highest BCUT2D eigenvalue weighted by Crippen LogP contribution is 2.32. The number of carbonyl (C=O) groups excluding carboxylic acids is 1. The van der Waals surface area contributed by atoms with Gasteiger partial charge in [0.25, 0.3) is 0 Å². The number of fused-ring (bicyclic) bond motifs is 1. The first-order valence-corrected chi connectivity index (χ1v) is 5.96. The zero-order valence-electron chi connectivity index (χ0n) is 9.57. The van der Waals surface area contributed by atoms with Crippen molar-refractivity contribution >= 4 is 5.91 Å². The predicted octanol–water partition coefficient (Wildman–Crippen LogP) is 1.48. The summed E-state index contributed by atoms with van der Waals surface area (Å²) in [5, 5.41) is 2.95. The lowest BCUT2D eigenvalue weighted by Gasteiger charge is -2.05. The maximum atomic E-state index is 11.7. The van der Waals surface area contributed by atoms with Crippen LogP contribution in [0, 0.1) is 5.92 Å². The fourth-order valence-corrected chi connectivity index (χ4v) is 1.88. The molecule has 0 radical (unpaired) electrons. The Bertz CT molecular complexity index is 440. The van der Waals surface area contributed by atoms with Crippen LogP contribution < -0.4 is 14.8 Å². The number of rotatable bonds is 4. The van der Waals surface area contributed by atoms with E-state index < -0.39 is 0 Å². The minimum absolute atomic E-state index is 0.0794. The van der Waals surface area contributed by atoms with Gasteiger partial charge < -0.3 is 14.8 Å². The van der Waals surface area contributed by atoms with E-state index in [2.05, 4.69) is 5.32 Å². The van der Waals surface area contributed by atoms with E-state index in [0.717, 1.165) is 29.5 Å². The summed E-state index contributed by atoms with van der Waals surface area (Å²) in [4.78, 5) is 11.7. The summed E-state index contributed by atoms with van der Waals surface area (Å²) >= 11 is 0. The van der Waals surface area contributed by atoms with E-state index in [1.165, 1.54) is 12.8 Å². The Morgan fingerprint density at radius 2 is 2.12 bits per heavy atom. The van der Waals surface area contributed by atoms with Gasteiger partial charge in [0, 0.05) is 6.54 Å². The molecule has 1 fully saturated rings. The monoisotopic (exact) mass is 233 g/mol. The Balaban J connectivity index is 1.58. The van der Waals surface area contributed by atoms with E-state index in [0.29, 0.717) is 6.42 Å². The Labute approximate surface area is 99.9 Å². The zero-order valence-corrected chi connectivity index (χ0v) is 9.57. The van der Waals surface area contributed by atoms with Gasteiger partial charge in [-0.05, 0) is 36.5 Å². The van der Waals surface area contributed by atoms with Gasteiger partial charge in [-0.3, -0.25) is 4.79 Å². The van der Waals surface area contributed by atoms with Crippen molar-refractivity contribution in [2.45, 2.75) is 19.3 Å². The molecule has 1 aromatic carbocycles. The molecule has 0 bridgehead atoms. The molecule has 0 unspecified atom stereocenters. The van der Waals surface area contributed by atoms with E-state index in [1.54, 1.807) is 0 Å². The van der Waals surface area contributed by atoms with Gasteiger partial charge in [-0.15, -0.1) is 0 Å². The van der Waals surface area contributed by atoms with Crippen LogP contribution in [0.5, 0.6) is 11.5 Å². The fraction of sp³-hybridized carbons (Fsp3) is 0.462. The van der Waals surface area contributed by atoms with Crippen LogP contribution in [0.25, 0.3) is 0 Å². The second kappa shape index (κ2) is 4.28. The molecular formula is C13H15NO3. The molecule has 3 rings (SSSR count). The standard InChI is InChI=1S/C13H15NO3/c15-13(14-7-9-1-2-9)6-10-3-4-11-12(5-10)17-8-16-11/h3-5,9H,1-2,6-8H2,(H,14,15). The summed E-state index contributed by atoms with van der Waals surface area (Å²) < 4.78 is 10.5. The van der Waals surface area contributed by atoms with Gasteiger partial charge in [0.15, 0.2) is 11.5 Å². The molecule has 1 aliphatic carbocycles. The first-order chi connectivity index (χ1) is 8.31. The second-order valence-corrected chi connectivity index (χ2v) is 4.61. The van der Waals surface area contributed by atoms with Crippen molar-refractivity contribution in [1.29, 1.82) is 0 Å². The second-order valence-electron chi connectivity index (χ2n) is 4.61. The summed E-state index contributed by atoms with van der Waals surface area (Å²) in [6, 6.07) is 5.63. The number of nitrogens with one attached hydrogen (secondary N) is 1. The van der Waals surface area contributed by atoms with Crippen LogP contribution in [0.3, 0.4) is 0 Å². The molecule has 0 spiro atoms. The Morgan fingerprint density at radius 3 is 2.94 bits per heavy atom. The molecule has 1 N–H and O–H groups in total. The van der Waals surface area contributed by atoms with Crippen LogP contribution in [0.15, 0.2) is 18.2 Å². The number of ether oxygens (including phenoxy) is 2. The molecule has 2 aliphatic rings. The van der Waals surface area contributed by atoms with Crippen LogP contribution in [0.2, 0.25) is 0 Å². The topological polar surface area (TPSA) is 47.6 Å². The molecule has 0 saturated heterocycles. The van der Waals surface area contributed by atoms with Gasteiger partial charge in [-0.25, -0.2) is 0 Å². The van der Waals surface area contributed by atoms with E-state index in [4.69, 9.17) is 9.47 Å². The average molecular weight is 233 g/mol. The van der Waals surface area contributed by atoms with Gasteiger partial charge >= 0.3 is 0 Å². The van der Waals surface area contributed by atoms with Crippen molar-refractivity contribution in [3.63, 3.8) is 0 Å². The highest BCUT2D eigenvalue weighted by Gasteiger charge is 2.21. The van der Waals surface area contributed by atoms with Crippen molar-refractivity contribution < 1.29 is 14.3 Å². The third-order valence-corrected chi connectivity index (χ3v) is 3.09. The molecule has 1 heterocycles. The molecule has 17 heavy (non-hydrogen) atoms. The van der Waals surface area contributed by atoms with Crippen molar-refractivity contribution in [1.82, 2.24) is 5.32 Å². The zero-order chi connectivity index (χ0) is 11.7. The molecule has 1 amide bonds. The number of hydrogen-bond donors (Lipinski definition) is 1. The molecule has 1 saturated carbocycles. The van der Waals surface area contributed by atoms with Gasteiger partial charge in [0.05, 0.1) is 6.42 Å². The quantitative estimate of drug-likeness (QED) is 0.857. The highest BCUT2D eigenvalue weighted by molar-refractivity contribution is 5.78. The van der Waals surface area contributed by atoms with Gasteiger partial charge in [-0.2, -0.15) is 0 Å². The van der Waals surface area contributed by atoms with Gasteiger partial charge in [0.1, 0.15) is 0 Å². The Kier molecular flexibility index (Phi) is 2.63. The summed E-state index contributed by atoms with van der Waals surface area (Å²) in [5.74, 6) is 2.29. The molecule has 0 aromatic heterocycles. The fourth-order valence-electron chi connectivity index (χ4n) is 1.88. The molecule has 1 aliphatic heterocycles. The first kappa shape index (κ1) is 10.4. The maximum absolute atomic E-state index is 11.7. The molecular weight excluding hydrogens is 218 g/mol. The Hall–Kier alpha value is -1.71. The third-order valence-electron chi connectivity index (χ3n) is 3.09. The van der Waals surface area contributed by atoms with Crippen LogP contribution in [-0.2, 0) is 11.2 Å². The third kappa shape index (κ3) is 2.52. The molecule has 4 nitrogen and oxygen atoms in total.